The molecular weight excluding hydrogens is 264 g/mol. The van der Waals surface area contributed by atoms with Gasteiger partial charge in [-0.2, -0.15) is 0 Å². The highest BCUT2D eigenvalue weighted by Crippen LogP contribution is 2.12. The standard InChI is InChI=1S/C16H28N4O/c1-6-9-17-14-8-10-18-15(11-14)16(21)20(7-2)13(3)12-19(4)5/h8,10-11,13H,6-7,9,12H2,1-5H3,(H,17,18). The van der Waals surface area contributed by atoms with Crippen molar-refractivity contribution in [1.29, 1.82) is 0 Å². The summed E-state index contributed by atoms with van der Waals surface area (Å²) in [6.45, 7) is 8.60. The Balaban J connectivity index is 2.84. The van der Waals surface area contributed by atoms with Crippen molar-refractivity contribution < 1.29 is 4.79 Å². The molecule has 21 heavy (non-hydrogen) atoms. The monoisotopic (exact) mass is 292 g/mol. The number of likely N-dealkylation sites (N-methyl/N-ethyl adjacent to an activating group) is 2. The van der Waals surface area contributed by atoms with E-state index in [4.69, 9.17) is 0 Å². The Morgan fingerprint density at radius 1 is 1.38 bits per heavy atom. The van der Waals surface area contributed by atoms with Gasteiger partial charge < -0.3 is 15.1 Å². The zero-order chi connectivity index (χ0) is 15.8. The number of rotatable bonds is 8. The number of hydrogen-bond donors (Lipinski definition) is 1. The third-order valence-electron chi connectivity index (χ3n) is 3.32. The van der Waals surface area contributed by atoms with E-state index in [1.807, 2.05) is 38.1 Å². The lowest BCUT2D eigenvalue weighted by Crippen LogP contribution is -2.44. The SMILES string of the molecule is CCCNc1ccnc(C(=O)N(CC)C(C)CN(C)C)c1. The van der Waals surface area contributed by atoms with Crippen molar-refractivity contribution in [2.45, 2.75) is 33.2 Å². The summed E-state index contributed by atoms with van der Waals surface area (Å²) in [6, 6.07) is 3.89. The summed E-state index contributed by atoms with van der Waals surface area (Å²) in [4.78, 5) is 20.8. The summed E-state index contributed by atoms with van der Waals surface area (Å²) in [6.07, 6.45) is 2.74. The van der Waals surface area contributed by atoms with Crippen molar-refractivity contribution in [1.82, 2.24) is 14.8 Å². The first-order valence-corrected chi connectivity index (χ1v) is 7.65. The van der Waals surface area contributed by atoms with Crippen LogP contribution >= 0.6 is 0 Å². The molecule has 0 fully saturated rings. The first-order chi connectivity index (χ1) is 9.99. The van der Waals surface area contributed by atoms with Crippen LogP contribution in [0.5, 0.6) is 0 Å². The fraction of sp³-hybridized carbons (Fsp3) is 0.625. The van der Waals surface area contributed by atoms with Crippen LogP contribution in [0.4, 0.5) is 5.69 Å². The molecule has 1 aromatic rings. The molecule has 1 unspecified atom stereocenters. The second-order valence-corrected chi connectivity index (χ2v) is 5.56. The molecule has 1 amide bonds. The molecule has 0 spiro atoms. The second kappa shape index (κ2) is 8.62. The molecule has 0 aliphatic rings. The molecule has 0 aromatic carbocycles. The molecule has 1 heterocycles. The van der Waals surface area contributed by atoms with Crippen molar-refractivity contribution in [3.05, 3.63) is 24.0 Å². The van der Waals surface area contributed by atoms with E-state index >= 15 is 0 Å². The molecule has 0 saturated carbocycles. The average Bonchev–Trinajstić information content (AvgIpc) is 2.45. The van der Waals surface area contributed by atoms with Crippen molar-refractivity contribution in [2.75, 3.05) is 39.0 Å². The average molecular weight is 292 g/mol. The Morgan fingerprint density at radius 2 is 2.10 bits per heavy atom. The first-order valence-electron chi connectivity index (χ1n) is 7.65. The molecule has 0 saturated heterocycles. The van der Waals surface area contributed by atoms with Crippen LogP contribution in [0.15, 0.2) is 18.3 Å². The highest BCUT2D eigenvalue weighted by Gasteiger charge is 2.21. The second-order valence-electron chi connectivity index (χ2n) is 5.56. The van der Waals surface area contributed by atoms with E-state index in [0.29, 0.717) is 12.2 Å². The molecule has 118 valence electrons. The molecular formula is C16H28N4O. The van der Waals surface area contributed by atoms with Crippen molar-refractivity contribution in [2.24, 2.45) is 0 Å². The number of carbonyl (C=O) groups is 1. The minimum absolute atomic E-state index is 0.00741. The number of nitrogens with one attached hydrogen (secondary N) is 1. The van der Waals surface area contributed by atoms with E-state index in [2.05, 4.69) is 29.0 Å². The lowest BCUT2D eigenvalue weighted by molar-refractivity contribution is 0.0673. The van der Waals surface area contributed by atoms with E-state index in [9.17, 15) is 4.79 Å². The molecule has 0 bridgehead atoms. The summed E-state index contributed by atoms with van der Waals surface area (Å²) in [5.74, 6) is -0.00741. The van der Waals surface area contributed by atoms with E-state index in [1.54, 1.807) is 6.20 Å². The molecule has 0 aliphatic carbocycles. The van der Waals surface area contributed by atoms with Gasteiger partial charge in [0.05, 0.1) is 0 Å². The number of carbonyl (C=O) groups excluding carboxylic acids is 1. The molecule has 1 aromatic heterocycles. The fourth-order valence-electron chi connectivity index (χ4n) is 2.36. The highest BCUT2D eigenvalue weighted by atomic mass is 16.2. The largest absolute Gasteiger partial charge is 0.385 e. The van der Waals surface area contributed by atoms with E-state index in [1.165, 1.54) is 0 Å². The van der Waals surface area contributed by atoms with Gasteiger partial charge in [-0.1, -0.05) is 6.92 Å². The number of amides is 1. The number of hydrogen-bond acceptors (Lipinski definition) is 4. The summed E-state index contributed by atoms with van der Waals surface area (Å²) < 4.78 is 0. The summed E-state index contributed by atoms with van der Waals surface area (Å²) >= 11 is 0. The molecule has 5 nitrogen and oxygen atoms in total. The first kappa shape index (κ1) is 17.4. The zero-order valence-electron chi connectivity index (χ0n) is 13.9. The molecule has 5 heteroatoms. The van der Waals surface area contributed by atoms with Gasteiger partial charge in [0.15, 0.2) is 0 Å². The topological polar surface area (TPSA) is 48.5 Å². The molecule has 1 atom stereocenters. The van der Waals surface area contributed by atoms with Gasteiger partial charge in [0.1, 0.15) is 5.69 Å². The van der Waals surface area contributed by atoms with Crippen LogP contribution in [-0.4, -0.2) is 60.5 Å². The molecule has 1 rings (SSSR count). The predicted octanol–water partition coefficient (Wildman–Crippen LogP) is 2.32. The van der Waals surface area contributed by atoms with Crippen molar-refractivity contribution in [3.63, 3.8) is 0 Å². The Morgan fingerprint density at radius 3 is 2.67 bits per heavy atom. The summed E-state index contributed by atoms with van der Waals surface area (Å²) in [5, 5.41) is 3.29. The highest BCUT2D eigenvalue weighted by molar-refractivity contribution is 5.93. The van der Waals surface area contributed by atoms with Gasteiger partial charge in [-0.25, -0.2) is 0 Å². The smallest absolute Gasteiger partial charge is 0.272 e. The summed E-state index contributed by atoms with van der Waals surface area (Å²) in [7, 11) is 4.03. The maximum Gasteiger partial charge on any atom is 0.272 e. The van der Waals surface area contributed by atoms with Gasteiger partial charge in [-0.15, -0.1) is 0 Å². The minimum atomic E-state index is -0.00741. The number of anilines is 1. The van der Waals surface area contributed by atoms with Crippen molar-refractivity contribution >= 4 is 11.6 Å². The van der Waals surface area contributed by atoms with E-state index < -0.39 is 0 Å². The van der Waals surface area contributed by atoms with Gasteiger partial charge in [0.2, 0.25) is 0 Å². The van der Waals surface area contributed by atoms with E-state index in [0.717, 1.165) is 25.2 Å². The minimum Gasteiger partial charge on any atom is -0.385 e. The van der Waals surface area contributed by atoms with Gasteiger partial charge in [0.25, 0.3) is 5.91 Å². The Labute approximate surface area is 128 Å². The Bertz CT molecular complexity index is 448. The third kappa shape index (κ3) is 5.34. The van der Waals surface area contributed by atoms with Crippen LogP contribution in [0.2, 0.25) is 0 Å². The molecule has 1 N–H and O–H groups in total. The fourth-order valence-corrected chi connectivity index (χ4v) is 2.36. The lowest BCUT2D eigenvalue weighted by atomic mass is 10.2. The molecule has 0 radical (unpaired) electrons. The quantitative estimate of drug-likeness (QED) is 0.799. The number of aromatic nitrogens is 1. The maximum atomic E-state index is 12.6. The van der Waals surface area contributed by atoms with Crippen LogP contribution in [0.3, 0.4) is 0 Å². The lowest BCUT2D eigenvalue weighted by Gasteiger charge is -2.30. The number of pyridine rings is 1. The van der Waals surface area contributed by atoms with Gasteiger partial charge in [-0.05, 0) is 46.5 Å². The zero-order valence-corrected chi connectivity index (χ0v) is 13.9. The Hall–Kier alpha value is -1.62. The number of nitrogens with zero attached hydrogens (tertiary/aromatic N) is 3. The van der Waals surface area contributed by atoms with Crippen LogP contribution < -0.4 is 5.32 Å². The van der Waals surface area contributed by atoms with Crippen LogP contribution in [0, 0.1) is 0 Å². The molecule has 0 aliphatic heterocycles. The van der Waals surface area contributed by atoms with Gasteiger partial charge >= 0.3 is 0 Å². The van der Waals surface area contributed by atoms with Crippen LogP contribution in [0.25, 0.3) is 0 Å². The van der Waals surface area contributed by atoms with Crippen LogP contribution in [-0.2, 0) is 0 Å². The summed E-state index contributed by atoms with van der Waals surface area (Å²) in [5.41, 5.74) is 1.45. The van der Waals surface area contributed by atoms with Gasteiger partial charge in [0, 0.05) is 37.6 Å². The Kier molecular flexibility index (Phi) is 7.15. The van der Waals surface area contributed by atoms with E-state index in [-0.39, 0.29) is 11.9 Å². The predicted molar refractivity (Wildman–Crippen MR) is 87.7 cm³/mol. The van der Waals surface area contributed by atoms with Crippen molar-refractivity contribution in [3.8, 4) is 0 Å². The maximum absolute atomic E-state index is 12.6. The van der Waals surface area contributed by atoms with Crippen LogP contribution in [0.1, 0.15) is 37.7 Å². The normalized spacial score (nSPS) is 12.3. The van der Waals surface area contributed by atoms with Gasteiger partial charge in [-0.3, -0.25) is 9.78 Å². The third-order valence-corrected chi connectivity index (χ3v) is 3.32.